The van der Waals surface area contributed by atoms with Gasteiger partial charge in [-0.25, -0.2) is 0 Å². The summed E-state index contributed by atoms with van der Waals surface area (Å²) in [7, 11) is 1.54. The number of carbonyl (C=O) groups excluding carboxylic acids is 1. The second-order valence-corrected chi connectivity index (χ2v) is 11.0. The molecule has 0 unspecified atom stereocenters. The van der Waals surface area contributed by atoms with Crippen molar-refractivity contribution < 1.29 is 23.7 Å². The summed E-state index contributed by atoms with van der Waals surface area (Å²) in [4.78, 5) is 15.1. The summed E-state index contributed by atoms with van der Waals surface area (Å²) in [6.07, 6.45) is 6.45. The van der Waals surface area contributed by atoms with Crippen LogP contribution in [0.4, 0.5) is 5.69 Å². The molecule has 0 bridgehead atoms. The zero-order valence-corrected chi connectivity index (χ0v) is 24.9. The van der Waals surface area contributed by atoms with Crippen LogP contribution in [0, 0.1) is 0 Å². The Hall–Kier alpha value is -3.20. The number of nitrogens with zero attached hydrogens (tertiary/aromatic N) is 1. The van der Waals surface area contributed by atoms with Crippen molar-refractivity contribution in [2.24, 2.45) is 0 Å². The van der Waals surface area contributed by atoms with Crippen LogP contribution in [0.15, 0.2) is 71.6 Å². The first-order valence-corrected chi connectivity index (χ1v) is 14.8. The molecule has 0 saturated carbocycles. The van der Waals surface area contributed by atoms with Crippen molar-refractivity contribution in [1.82, 2.24) is 0 Å². The van der Waals surface area contributed by atoms with Crippen molar-refractivity contribution in [2.45, 2.75) is 32.6 Å². The molecule has 9 heteroatoms. The van der Waals surface area contributed by atoms with E-state index < -0.39 is 0 Å². The van der Waals surface area contributed by atoms with Gasteiger partial charge in [0.05, 0.1) is 29.3 Å². The molecule has 0 aliphatic carbocycles. The molecule has 0 atom stereocenters. The van der Waals surface area contributed by atoms with E-state index in [1.807, 2.05) is 54.6 Å². The van der Waals surface area contributed by atoms with Crippen LogP contribution in [0.2, 0.25) is 5.02 Å². The number of thiocarbonyl (C=S) groups is 1. The Balaban J connectivity index is 1.32. The van der Waals surface area contributed by atoms with E-state index in [2.05, 4.69) is 6.92 Å². The molecule has 1 aliphatic rings. The van der Waals surface area contributed by atoms with Gasteiger partial charge in [0.25, 0.3) is 5.91 Å². The molecule has 1 amide bonds. The van der Waals surface area contributed by atoms with E-state index in [1.165, 1.54) is 35.9 Å². The zero-order valence-electron chi connectivity index (χ0n) is 22.6. The van der Waals surface area contributed by atoms with Gasteiger partial charge in [0, 0.05) is 0 Å². The molecule has 3 aromatic rings. The Morgan fingerprint density at radius 2 is 1.57 bits per heavy atom. The number of para-hydroxylation sites is 1. The van der Waals surface area contributed by atoms with Crippen LogP contribution in [0.1, 0.15) is 38.2 Å². The van der Waals surface area contributed by atoms with Gasteiger partial charge in [-0.1, -0.05) is 80.0 Å². The maximum Gasteiger partial charge on any atom is 0.270 e. The van der Waals surface area contributed by atoms with Gasteiger partial charge >= 0.3 is 0 Å². The Labute approximate surface area is 250 Å². The predicted molar refractivity (Wildman–Crippen MR) is 167 cm³/mol. The topological polar surface area (TPSA) is 57.2 Å². The maximum absolute atomic E-state index is 13.1. The van der Waals surface area contributed by atoms with Gasteiger partial charge in [0.15, 0.2) is 15.8 Å². The third-order valence-corrected chi connectivity index (χ3v) is 7.63. The van der Waals surface area contributed by atoms with Crippen molar-refractivity contribution in [1.29, 1.82) is 0 Å². The normalized spacial score (nSPS) is 14.1. The van der Waals surface area contributed by atoms with E-state index in [9.17, 15) is 4.79 Å². The first-order chi connectivity index (χ1) is 19.5. The molecule has 1 saturated heterocycles. The van der Waals surface area contributed by atoms with Crippen LogP contribution in [-0.2, 0) is 4.79 Å². The van der Waals surface area contributed by atoms with Crippen LogP contribution in [0.5, 0.6) is 23.0 Å². The summed E-state index contributed by atoms with van der Waals surface area (Å²) >= 11 is 13.3. The van der Waals surface area contributed by atoms with Crippen LogP contribution in [-0.4, -0.2) is 37.2 Å². The van der Waals surface area contributed by atoms with E-state index in [-0.39, 0.29) is 12.5 Å². The Bertz CT molecular complexity index is 1330. The number of rotatable bonds is 14. The number of amides is 1. The number of thioether (sulfide) groups is 1. The Morgan fingerprint density at radius 1 is 0.900 bits per heavy atom. The lowest BCUT2D eigenvalue weighted by Gasteiger charge is -2.14. The number of halogens is 1. The second-order valence-electron chi connectivity index (χ2n) is 8.96. The molecule has 210 valence electrons. The van der Waals surface area contributed by atoms with Gasteiger partial charge in [-0.15, -0.1) is 0 Å². The number of carbonyl (C=O) groups is 1. The molecule has 0 radical (unpaired) electrons. The van der Waals surface area contributed by atoms with E-state index in [0.29, 0.717) is 37.9 Å². The molecule has 1 aliphatic heterocycles. The van der Waals surface area contributed by atoms with Crippen LogP contribution in [0.25, 0.3) is 6.08 Å². The van der Waals surface area contributed by atoms with Gasteiger partial charge in [-0.05, 0) is 66.6 Å². The lowest BCUT2D eigenvalue weighted by atomic mass is 10.1. The molecular formula is C31H32ClNO5S2. The number of ether oxygens (including phenoxy) is 4. The van der Waals surface area contributed by atoms with Crippen LogP contribution in [0.3, 0.4) is 0 Å². The number of hydrogen-bond donors (Lipinski definition) is 0. The van der Waals surface area contributed by atoms with Crippen molar-refractivity contribution in [3.63, 3.8) is 0 Å². The number of methoxy groups -OCH3 is 1. The van der Waals surface area contributed by atoms with Crippen LogP contribution >= 0.6 is 35.6 Å². The molecule has 0 spiro atoms. The summed E-state index contributed by atoms with van der Waals surface area (Å²) in [5.74, 6) is 2.24. The number of hydrogen-bond acceptors (Lipinski definition) is 7. The van der Waals surface area contributed by atoms with Crippen molar-refractivity contribution in [3.8, 4) is 23.0 Å². The van der Waals surface area contributed by atoms with Gasteiger partial charge in [-0.3, -0.25) is 9.69 Å². The Morgan fingerprint density at radius 3 is 2.25 bits per heavy atom. The molecular weight excluding hydrogens is 566 g/mol. The lowest BCUT2D eigenvalue weighted by molar-refractivity contribution is -0.113. The molecule has 0 N–H and O–H groups in total. The minimum Gasteiger partial charge on any atom is -0.494 e. The van der Waals surface area contributed by atoms with Gasteiger partial charge in [0.1, 0.15) is 24.7 Å². The molecule has 1 fully saturated rings. The van der Waals surface area contributed by atoms with E-state index in [4.69, 9.17) is 42.8 Å². The lowest BCUT2D eigenvalue weighted by Crippen LogP contribution is -2.27. The first kappa shape index (κ1) is 29.8. The fourth-order valence-electron chi connectivity index (χ4n) is 4.04. The summed E-state index contributed by atoms with van der Waals surface area (Å²) in [6.45, 7) is 3.50. The van der Waals surface area contributed by atoms with Gasteiger partial charge in [-0.2, -0.15) is 0 Å². The quantitative estimate of drug-likeness (QED) is 0.105. The molecule has 3 aromatic carbocycles. The zero-order chi connectivity index (χ0) is 28.3. The summed E-state index contributed by atoms with van der Waals surface area (Å²) < 4.78 is 23.5. The highest BCUT2D eigenvalue weighted by Gasteiger charge is 2.33. The maximum atomic E-state index is 13.1. The monoisotopic (exact) mass is 597 g/mol. The average molecular weight is 598 g/mol. The first-order valence-electron chi connectivity index (χ1n) is 13.2. The Kier molecular flexibility index (Phi) is 11.1. The largest absolute Gasteiger partial charge is 0.494 e. The van der Waals surface area contributed by atoms with Crippen LogP contribution < -0.4 is 23.8 Å². The van der Waals surface area contributed by atoms with Gasteiger partial charge in [0.2, 0.25) is 0 Å². The fraction of sp³-hybridized carbons (Fsp3) is 0.290. The molecule has 4 rings (SSSR count). The highest BCUT2D eigenvalue weighted by Crippen LogP contribution is 2.40. The summed E-state index contributed by atoms with van der Waals surface area (Å²) in [5, 5.41) is 0.365. The molecule has 1 heterocycles. The highest BCUT2D eigenvalue weighted by atomic mass is 35.5. The highest BCUT2D eigenvalue weighted by molar-refractivity contribution is 8.27. The van der Waals surface area contributed by atoms with E-state index >= 15 is 0 Å². The smallest absolute Gasteiger partial charge is 0.270 e. The minimum absolute atomic E-state index is 0.180. The average Bonchev–Trinajstić information content (AvgIpc) is 3.24. The number of anilines is 1. The van der Waals surface area contributed by atoms with E-state index in [1.54, 1.807) is 25.3 Å². The summed E-state index contributed by atoms with van der Waals surface area (Å²) in [5.41, 5.74) is 1.43. The number of benzene rings is 3. The third-order valence-electron chi connectivity index (χ3n) is 6.05. The third kappa shape index (κ3) is 7.93. The second kappa shape index (κ2) is 15.0. The predicted octanol–water partition coefficient (Wildman–Crippen LogP) is 8.17. The van der Waals surface area contributed by atoms with Crippen molar-refractivity contribution in [2.75, 3.05) is 31.8 Å². The van der Waals surface area contributed by atoms with E-state index in [0.717, 1.165) is 30.2 Å². The summed E-state index contributed by atoms with van der Waals surface area (Å²) in [6, 6.07) is 20.4. The van der Waals surface area contributed by atoms with Crippen molar-refractivity contribution >= 4 is 57.6 Å². The fourth-order valence-corrected chi connectivity index (χ4v) is 5.61. The van der Waals surface area contributed by atoms with Gasteiger partial charge < -0.3 is 18.9 Å². The number of unbranched alkanes of at least 4 members (excludes halogenated alkanes) is 3. The minimum atomic E-state index is -0.180. The SMILES string of the molecule is CCCCCCOc1ccc(OCCOc2c(Cl)cc(C=C3SC(=S)N(c4ccccc4)C3=O)cc2OC)cc1. The molecule has 6 nitrogen and oxygen atoms in total. The standard InChI is InChI=1S/C31H32ClNO5S2/c1-3-4-5-9-16-36-24-12-14-25(15-13-24)37-17-18-38-29-26(32)19-22(20-27(29)35-2)21-28-30(34)33(31(39)40-28)23-10-7-6-8-11-23/h6-8,10-15,19-21H,3-5,9,16-18H2,1-2H3. The molecule has 40 heavy (non-hydrogen) atoms. The van der Waals surface area contributed by atoms with Crippen molar-refractivity contribution in [3.05, 3.63) is 82.2 Å². The molecule has 0 aromatic heterocycles.